The second-order valence-electron chi connectivity index (χ2n) is 6.07. The summed E-state index contributed by atoms with van der Waals surface area (Å²) in [6.45, 7) is 6.33. The molecule has 6 heteroatoms. The summed E-state index contributed by atoms with van der Waals surface area (Å²) in [5, 5.41) is 7.88. The Morgan fingerprint density at radius 3 is 2.67 bits per heavy atom. The van der Waals surface area contributed by atoms with E-state index in [2.05, 4.69) is 29.4 Å². The van der Waals surface area contributed by atoms with Gasteiger partial charge in [-0.15, -0.1) is 11.3 Å². The molecule has 1 fully saturated rings. The second kappa shape index (κ2) is 7.68. The van der Waals surface area contributed by atoms with E-state index in [0.29, 0.717) is 6.54 Å². The largest absolute Gasteiger partial charge is 0.372 e. The molecule has 0 spiro atoms. The van der Waals surface area contributed by atoms with Crippen LogP contribution in [0, 0.1) is 0 Å². The van der Waals surface area contributed by atoms with Crippen molar-refractivity contribution in [2.75, 3.05) is 23.3 Å². The van der Waals surface area contributed by atoms with E-state index in [0.717, 1.165) is 29.3 Å². The lowest BCUT2D eigenvalue weighted by atomic mass is 10.1. The number of rotatable bonds is 4. The second-order valence-corrected chi connectivity index (χ2v) is 7.10. The van der Waals surface area contributed by atoms with Gasteiger partial charge in [-0.2, -0.15) is 0 Å². The topological polar surface area (TPSA) is 53.6 Å². The molecule has 2 aromatic rings. The van der Waals surface area contributed by atoms with Gasteiger partial charge in [0.25, 0.3) is 0 Å². The molecule has 3 rings (SSSR count). The van der Waals surface area contributed by atoms with Crippen LogP contribution >= 0.6 is 11.3 Å². The molecule has 2 N–H and O–H groups in total. The highest BCUT2D eigenvalue weighted by atomic mass is 32.1. The van der Waals surface area contributed by atoms with Crippen LogP contribution in [0.15, 0.2) is 41.8 Å². The Bertz CT molecular complexity index is 665. The number of para-hydroxylation sites is 2. The zero-order valence-electron chi connectivity index (χ0n) is 14.0. The van der Waals surface area contributed by atoms with Crippen LogP contribution < -0.4 is 15.5 Å². The number of ether oxygens (including phenoxy) is 1. The van der Waals surface area contributed by atoms with Crippen LogP contribution in [0.4, 0.5) is 16.2 Å². The van der Waals surface area contributed by atoms with Gasteiger partial charge in [0.1, 0.15) is 0 Å². The molecule has 5 nitrogen and oxygen atoms in total. The number of nitrogens with one attached hydrogen (secondary N) is 2. The molecule has 0 bridgehead atoms. The summed E-state index contributed by atoms with van der Waals surface area (Å²) in [4.78, 5) is 15.6. The molecule has 1 aliphatic rings. The normalized spacial score (nSPS) is 20.7. The van der Waals surface area contributed by atoms with Crippen molar-refractivity contribution in [3.8, 4) is 0 Å². The van der Waals surface area contributed by atoms with Crippen molar-refractivity contribution in [3.63, 3.8) is 0 Å². The van der Waals surface area contributed by atoms with E-state index in [9.17, 15) is 4.79 Å². The standard InChI is InChI=1S/C18H23N3O2S/c1-13-11-21(12-14(2)23-13)17-8-4-3-7-16(17)20-18(22)19-10-15-6-5-9-24-15/h3-9,13-14H,10-12H2,1-2H3,(H2,19,20,22). The molecule has 1 aromatic heterocycles. The maximum absolute atomic E-state index is 12.2. The minimum absolute atomic E-state index is 0.175. The van der Waals surface area contributed by atoms with Gasteiger partial charge in [-0.25, -0.2) is 4.79 Å². The smallest absolute Gasteiger partial charge is 0.319 e. The Morgan fingerprint density at radius 1 is 1.21 bits per heavy atom. The first-order valence-electron chi connectivity index (χ1n) is 8.18. The molecular weight excluding hydrogens is 322 g/mol. The van der Waals surface area contributed by atoms with E-state index in [1.54, 1.807) is 11.3 Å². The molecule has 1 aromatic carbocycles. The summed E-state index contributed by atoms with van der Waals surface area (Å²) in [6, 6.07) is 11.7. The van der Waals surface area contributed by atoms with Crippen LogP contribution in [-0.2, 0) is 11.3 Å². The minimum atomic E-state index is -0.190. The van der Waals surface area contributed by atoms with Gasteiger partial charge in [-0.3, -0.25) is 0 Å². The highest BCUT2D eigenvalue weighted by molar-refractivity contribution is 7.09. The van der Waals surface area contributed by atoms with E-state index in [-0.39, 0.29) is 18.2 Å². The number of hydrogen-bond acceptors (Lipinski definition) is 4. The predicted molar refractivity (Wildman–Crippen MR) is 98.8 cm³/mol. The molecule has 0 aliphatic carbocycles. The van der Waals surface area contributed by atoms with Gasteiger partial charge >= 0.3 is 6.03 Å². The summed E-state index contributed by atoms with van der Waals surface area (Å²) in [6.07, 6.45) is 0.351. The van der Waals surface area contributed by atoms with E-state index >= 15 is 0 Å². The number of carbonyl (C=O) groups excluding carboxylic acids is 1. The zero-order chi connectivity index (χ0) is 16.9. The Morgan fingerprint density at radius 2 is 1.96 bits per heavy atom. The average molecular weight is 345 g/mol. The third-order valence-electron chi connectivity index (χ3n) is 3.92. The third kappa shape index (κ3) is 4.27. The van der Waals surface area contributed by atoms with Gasteiger partial charge in [0.05, 0.1) is 30.1 Å². The van der Waals surface area contributed by atoms with Crippen molar-refractivity contribution in [2.24, 2.45) is 0 Å². The Labute approximate surface area is 146 Å². The van der Waals surface area contributed by atoms with E-state index in [1.807, 2.05) is 41.8 Å². The first kappa shape index (κ1) is 16.8. The highest BCUT2D eigenvalue weighted by Gasteiger charge is 2.24. The predicted octanol–water partition coefficient (Wildman–Crippen LogP) is 3.68. The minimum Gasteiger partial charge on any atom is -0.372 e. The van der Waals surface area contributed by atoms with Crippen LogP contribution in [0.1, 0.15) is 18.7 Å². The molecule has 24 heavy (non-hydrogen) atoms. The van der Waals surface area contributed by atoms with Gasteiger partial charge in [0, 0.05) is 18.0 Å². The fourth-order valence-corrected chi connectivity index (χ4v) is 3.62. The van der Waals surface area contributed by atoms with Crippen molar-refractivity contribution in [1.82, 2.24) is 5.32 Å². The monoisotopic (exact) mass is 345 g/mol. The molecule has 1 aliphatic heterocycles. The molecule has 128 valence electrons. The van der Waals surface area contributed by atoms with Crippen LogP contribution in [0.2, 0.25) is 0 Å². The first-order valence-corrected chi connectivity index (χ1v) is 9.06. The van der Waals surface area contributed by atoms with Gasteiger partial charge in [-0.1, -0.05) is 18.2 Å². The SMILES string of the molecule is CC1CN(c2ccccc2NC(=O)NCc2cccs2)CC(C)O1. The number of urea groups is 1. The first-order chi connectivity index (χ1) is 11.6. The maximum Gasteiger partial charge on any atom is 0.319 e. The van der Waals surface area contributed by atoms with Crippen molar-refractivity contribution < 1.29 is 9.53 Å². The molecule has 0 saturated carbocycles. The summed E-state index contributed by atoms with van der Waals surface area (Å²) in [7, 11) is 0. The zero-order valence-corrected chi connectivity index (χ0v) is 14.8. The number of thiophene rings is 1. The van der Waals surface area contributed by atoms with E-state index < -0.39 is 0 Å². The summed E-state index contributed by atoms with van der Waals surface area (Å²) in [5.41, 5.74) is 1.85. The highest BCUT2D eigenvalue weighted by Crippen LogP contribution is 2.28. The third-order valence-corrected chi connectivity index (χ3v) is 4.79. The number of benzene rings is 1. The van der Waals surface area contributed by atoms with Crippen LogP contribution in [0.25, 0.3) is 0 Å². The lowest BCUT2D eigenvalue weighted by Crippen LogP contribution is -2.45. The number of nitrogens with zero attached hydrogens (tertiary/aromatic N) is 1. The van der Waals surface area contributed by atoms with Crippen LogP contribution in [-0.4, -0.2) is 31.3 Å². The number of carbonyl (C=O) groups is 1. The maximum atomic E-state index is 12.2. The van der Waals surface area contributed by atoms with Crippen molar-refractivity contribution >= 4 is 28.7 Å². The molecule has 2 heterocycles. The molecule has 0 radical (unpaired) electrons. The van der Waals surface area contributed by atoms with Gasteiger partial charge < -0.3 is 20.3 Å². The summed E-state index contributed by atoms with van der Waals surface area (Å²) < 4.78 is 5.80. The van der Waals surface area contributed by atoms with E-state index in [4.69, 9.17) is 4.74 Å². The van der Waals surface area contributed by atoms with Crippen LogP contribution in [0.5, 0.6) is 0 Å². The van der Waals surface area contributed by atoms with Crippen molar-refractivity contribution in [1.29, 1.82) is 0 Å². The molecular formula is C18H23N3O2S. The van der Waals surface area contributed by atoms with Gasteiger partial charge in [0.2, 0.25) is 0 Å². The average Bonchev–Trinajstić information content (AvgIpc) is 3.06. The lowest BCUT2D eigenvalue weighted by Gasteiger charge is -2.37. The Hall–Kier alpha value is -2.05. The quantitative estimate of drug-likeness (QED) is 0.889. The fourth-order valence-electron chi connectivity index (χ4n) is 2.98. The Balaban J connectivity index is 1.66. The molecule has 2 unspecified atom stereocenters. The fraction of sp³-hybridized carbons (Fsp3) is 0.389. The van der Waals surface area contributed by atoms with Gasteiger partial charge in [-0.05, 0) is 37.4 Å². The molecule has 2 atom stereocenters. The number of amides is 2. The summed E-state index contributed by atoms with van der Waals surface area (Å²) in [5.74, 6) is 0. The Kier molecular flexibility index (Phi) is 5.37. The number of morpholine rings is 1. The number of anilines is 2. The van der Waals surface area contributed by atoms with Gasteiger partial charge in [0.15, 0.2) is 0 Å². The van der Waals surface area contributed by atoms with Crippen molar-refractivity contribution in [2.45, 2.75) is 32.6 Å². The molecule has 1 saturated heterocycles. The lowest BCUT2D eigenvalue weighted by molar-refractivity contribution is -0.00517. The molecule has 2 amide bonds. The van der Waals surface area contributed by atoms with Crippen molar-refractivity contribution in [3.05, 3.63) is 46.7 Å². The number of hydrogen-bond donors (Lipinski definition) is 2. The summed E-state index contributed by atoms with van der Waals surface area (Å²) >= 11 is 1.63. The van der Waals surface area contributed by atoms with Crippen LogP contribution in [0.3, 0.4) is 0 Å². The van der Waals surface area contributed by atoms with E-state index in [1.165, 1.54) is 0 Å².